The van der Waals surface area contributed by atoms with Gasteiger partial charge in [-0.25, -0.2) is 14.8 Å². The predicted octanol–water partition coefficient (Wildman–Crippen LogP) is 1.89. The van der Waals surface area contributed by atoms with E-state index in [4.69, 9.17) is 4.74 Å². The van der Waals surface area contributed by atoms with E-state index in [1.807, 2.05) is 11.8 Å². The zero-order chi connectivity index (χ0) is 13.9. The number of rotatable bonds is 8. The highest BCUT2D eigenvalue weighted by molar-refractivity contribution is 7.99. The number of hydrogen-bond donors (Lipinski definition) is 2. The Balaban J connectivity index is 2.29. The molecule has 19 heavy (non-hydrogen) atoms. The topological polar surface area (TPSA) is 76.1 Å². The maximum atomic E-state index is 11.6. The molecule has 1 aromatic rings. The largest absolute Gasteiger partial charge is 0.378 e. The normalized spacial score (nSPS) is 10.2. The smallest absolute Gasteiger partial charge is 0.320 e. The second kappa shape index (κ2) is 9.57. The fourth-order valence-electron chi connectivity index (χ4n) is 1.37. The van der Waals surface area contributed by atoms with E-state index in [9.17, 15) is 4.79 Å². The molecule has 106 valence electrons. The van der Waals surface area contributed by atoms with Crippen LogP contribution in [0.5, 0.6) is 0 Å². The summed E-state index contributed by atoms with van der Waals surface area (Å²) in [6.07, 6.45) is 2.37. The molecule has 0 aliphatic rings. The Morgan fingerprint density at radius 2 is 2.32 bits per heavy atom. The molecule has 0 unspecified atom stereocenters. The highest BCUT2D eigenvalue weighted by Gasteiger charge is 2.03. The summed E-state index contributed by atoms with van der Waals surface area (Å²) in [5, 5.41) is 5.45. The second-order valence-corrected chi connectivity index (χ2v) is 5.15. The fourth-order valence-corrected chi connectivity index (χ4v) is 2.01. The molecule has 0 saturated heterocycles. The summed E-state index contributed by atoms with van der Waals surface area (Å²) in [7, 11) is 1.59. The number of methoxy groups -OCH3 is 1. The van der Waals surface area contributed by atoms with Crippen molar-refractivity contribution in [3.05, 3.63) is 18.1 Å². The van der Waals surface area contributed by atoms with E-state index < -0.39 is 0 Å². The Morgan fingerprint density at radius 3 is 3.05 bits per heavy atom. The van der Waals surface area contributed by atoms with Crippen molar-refractivity contribution in [2.24, 2.45) is 0 Å². The van der Waals surface area contributed by atoms with Gasteiger partial charge in [-0.3, -0.25) is 5.32 Å². The summed E-state index contributed by atoms with van der Waals surface area (Å²) >= 11 is 1.86. The molecule has 0 aromatic carbocycles. The van der Waals surface area contributed by atoms with Crippen LogP contribution in [0.4, 0.5) is 10.6 Å². The van der Waals surface area contributed by atoms with Gasteiger partial charge in [0.25, 0.3) is 0 Å². The average Bonchev–Trinajstić information content (AvgIpc) is 2.39. The first kappa shape index (κ1) is 15.7. The molecule has 7 heteroatoms. The minimum Gasteiger partial charge on any atom is -0.378 e. The zero-order valence-electron chi connectivity index (χ0n) is 11.3. The van der Waals surface area contributed by atoms with E-state index in [1.54, 1.807) is 13.2 Å². The molecule has 0 aliphatic heterocycles. The van der Waals surface area contributed by atoms with Crippen LogP contribution in [-0.4, -0.2) is 41.2 Å². The van der Waals surface area contributed by atoms with E-state index in [2.05, 4.69) is 27.5 Å². The van der Waals surface area contributed by atoms with Crippen LogP contribution in [0.2, 0.25) is 0 Å². The van der Waals surface area contributed by atoms with Gasteiger partial charge < -0.3 is 10.1 Å². The Morgan fingerprint density at radius 1 is 1.47 bits per heavy atom. The van der Waals surface area contributed by atoms with Gasteiger partial charge >= 0.3 is 6.03 Å². The molecule has 0 bridgehead atoms. The molecule has 0 radical (unpaired) electrons. The van der Waals surface area contributed by atoms with Gasteiger partial charge in [0.1, 0.15) is 12.1 Å². The Hall–Kier alpha value is -1.34. The monoisotopic (exact) mass is 284 g/mol. The lowest BCUT2D eigenvalue weighted by atomic mass is 10.4. The van der Waals surface area contributed by atoms with E-state index in [0.717, 1.165) is 23.6 Å². The van der Waals surface area contributed by atoms with Crippen molar-refractivity contribution in [2.45, 2.75) is 20.0 Å². The summed E-state index contributed by atoms with van der Waals surface area (Å²) < 4.78 is 4.97. The molecule has 6 nitrogen and oxygen atoms in total. The fraction of sp³-hybridized carbons (Fsp3) is 0.583. The molecule has 0 aliphatic carbocycles. The van der Waals surface area contributed by atoms with E-state index >= 15 is 0 Å². The quantitative estimate of drug-likeness (QED) is 0.713. The van der Waals surface area contributed by atoms with Crippen molar-refractivity contribution in [1.29, 1.82) is 0 Å². The highest BCUT2D eigenvalue weighted by Crippen LogP contribution is 2.04. The van der Waals surface area contributed by atoms with Crippen LogP contribution in [0.25, 0.3) is 0 Å². The van der Waals surface area contributed by atoms with Crippen LogP contribution >= 0.6 is 11.8 Å². The third-order valence-electron chi connectivity index (χ3n) is 2.21. The maximum Gasteiger partial charge on any atom is 0.320 e. The molecule has 1 heterocycles. The summed E-state index contributed by atoms with van der Waals surface area (Å²) in [6, 6.07) is 1.44. The number of nitrogens with one attached hydrogen (secondary N) is 2. The molecule has 2 N–H and O–H groups in total. The SMILES string of the molecule is CCSCCCNC(=O)Nc1cc(COC)ncn1. The first-order valence-electron chi connectivity index (χ1n) is 6.18. The molecular formula is C12H20N4O2S. The van der Waals surface area contributed by atoms with Crippen molar-refractivity contribution >= 4 is 23.6 Å². The molecule has 0 saturated carbocycles. The van der Waals surface area contributed by atoms with Crippen LogP contribution < -0.4 is 10.6 Å². The number of nitrogens with zero attached hydrogens (tertiary/aromatic N) is 2. The summed E-state index contributed by atoms with van der Waals surface area (Å²) in [5.74, 6) is 2.64. The van der Waals surface area contributed by atoms with Crippen molar-refractivity contribution in [2.75, 3.05) is 30.5 Å². The van der Waals surface area contributed by atoms with Crippen molar-refractivity contribution in [1.82, 2.24) is 15.3 Å². The first-order valence-corrected chi connectivity index (χ1v) is 7.34. The Bertz CT molecular complexity index is 390. The summed E-state index contributed by atoms with van der Waals surface area (Å²) in [4.78, 5) is 19.6. The first-order chi connectivity index (χ1) is 9.26. The van der Waals surface area contributed by atoms with Gasteiger partial charge in [0.15, 0.2) is 0 Å². The Kier molecular flexibility index (Phi) is 7.92. The Labute approximate surface area is 117 Å². The minimum atomic E-state index is -0.247. The lowest BCUT2D eigenvalue weighted by Crippen LogP contribution is -2.30. The molecular weight excluding hydrogens is 264 g/mol. The van der Waals surface area contributed by atoms with Gasteiger partial charge in [-0.15, -0.1) is 0 Å². The lowest BCUT2D eigenvalue weighted by Gasteiger charge is -2.07. The molecule has 2 amide bonds. The number of carbonyl (C=O) groups is 1. The number of urea groups is 1. The lowest BCUT2D eigenvalue weighted by molar-refractivity contribution is 0.181. The van der Waals surface area contributed by atoms with Crippen LogP contribution in [0.3, 0.4) is 0 Å². The summed E-state index contributed by atoms with van der Waals surface area (Å²) in [5.41, 5.74) is 0.729. The second-order valence-electron chi connectivity index (χ2n) is 3.76. The zero-order valence-corrected chi connectivity index (χ0v) is 12.1. The third kappa shape index (κ3) is 6.97. The van der Waals surface area contributed by atoms with Gasteiger partial charge in [0.2, 0.25) is 0 Å². The third-order valence-corrected chi connectivity index (χ3v) is 3.20. The number of hydrogen-bond acceptors (Lipinski definition) is 5. The van der Waals surface area contributed by atoms with Crippen molar-refractivity contribution < 1.29 is 9.53 Å². The summed E-state index contributed by atoms with van der Waals surface area (Å²) in [6.45, 7) is 3.18. The minimum absolute atomic E-state index is 0.247. The molecule has 0 spiro atoms. The standard InChI is InChI=1S/C12H20N4O2S/c1-3-19-6-4-5-13-12(17)16-11-7-10(8-18-2)14-9-15-11/h7,9H,3-6,8H2,1-2H3,(H2,13,14,15,16,17). The number of thioether (sulfide) groups is 1. The van der Waals surface area contributed by atoms with Crippen molar-refractivity contribution in [3.63, 3.8) is 0 Å². The number of anilines is 1. The van der Waals surface area contributed by atoms with Gasteiger partial charge in [-0.1, -0.05) is 6.92 Å². The van der Waals surface area contributed by atoms with E-state index in [1.165, 1.54) is 6.33 Å². The van der Waals surface area contributed by atoms with Gasteiger partial charge in [-0.2, -0.15) is 11.8 Å². The van der Waals surface area contributed by atoms with Crippen LogP contribution in [0.15, 0.2) is 12.4 Å². The molecule has 1 rings (SSSR count). The van der Waals surface area contributed by atoms with Gasteiger partial charge in [0.05, 0.1) is 12.3 Å². The number of aromatic nitrogens is 2. The number of ether oxygens (including phenoxy) is 1. The maximum absolute atomic E-state index is 11.6. The number of carbonyl (C=O) groups excluding carboxylic acids is 1. The molecule has 1 aromatic heterocycles. The highest BCUT2D eigenvalue weighted by atomic mass is 32.2. The van der Waals surface area contributed by atoms with Crippen LogP contribution in [0, 0.1) is 0 Å². The predicted molar refractivity (Wildman–Crippen MR) is 77.4 cm³/mol. The van der Waals surface area contributed by atoms with Gasteiger partial charge in [-0.05, 0) is 17.9 Å². The molecule has 0 atom stereocenters. The van der Waals surface area contributed by atoms with Crippen molar-refractivity contribution in [3.8, 4) is 0 Å². The number of amides is 2. The van der Waals surface area contributed by atoms with Crippen LogP contribution in [-0.2, 0) is 11.3 Å². The van der Waals surface area contributed by atoms with E-state index in [-0.39, 0.29) is 6.03 Å². The molecule has 0 fully saturated rings. The average molecular weight is 284 g/mol. The van der Waals surface area contributed by atoms with E-state index in [0.29, 0.717) is 19.0 Å². The van der Waals surface area contributed by atoms with Crippen LogP contribution in [0.1, 0.15) is 19.0 Å². The van der Waals surface area contributed by atoms with Gasteiger partial charge in [0, 0.05) is 19.7 Å².